The maximum absolute atomic E-state index is 10.9. The Morgan fingerprint density at radius 2 is 1.90 bits per heavy atom. The summed E-state index contributed by atoms with van der Waals surface area (Å²) in [7, 11) is 0. The summed E-state index contributed by atoms with van der Waals surface area (Å²) in [5.74, 6) is -0.186. The summed E-state index contributed by atoms with van der Waals surface area (Å²) in [6.07, 6.45) is -0.0692. The van der Waals surface area contributed by atoms with Crippen molar-refractivity contribution in [2.75, 3.05) is 6.61 Å². The van der Waals surface area contributed by atoms with Gasteiger partial charge in [0.1, 0.15) is 5.75 Å². The highest BCUT2D eigenvalue weighted by atomic mass is 16.5. The Kier molecular flexibility index (Phi) is 7.19. The van der Waals surface area contributed by atoms with Crippen LogP contribution < -0.4 is 10.1 Å². The zero-order valence-corrected chi connectivity index (χ0v) is 12.9. The second-order valence-electron chi connectivity index (χ2n) is 5.39. The fourth-order valence-corrected chi connectivity index (χ4v) is 2.09. The minimum Gasteiger partial charge on any atom is -0.494 e. The van der Waals surface area contributed by atoms with Crippen LogP contribution in [0.1, 0.15) is 45.3 Å². The summed E-state index contributed by atoms with van der Waals surface area (Å²) in [4.78, 5) is 10.9. The molecule has 0 aliphatic rings. The lowest BCUT2D eigenvalue weighted by molar-refractivity contribution is -0.138. The monoisotopic (exact) mass is 295 g/mol. The quantitative estimate of drug-likeness (QED) is 0.652. The number of aliphatic hydroxyl groups is 1. The number of rotatable bonds is 9. The molecule has 0 aliphatic carbocycles. The Labute approximate surface area is 125 Å². The number of carbonyl (C=O) groups is 1. The van der Waals surface area contributed by atoms with E-state index >= 15 is 0 Å². The smallest absolute Gasteiger partial charge is 0.305 e. The van der Waals surface area contributed by atoms with E-state index in [0.717, 1.165) is 12.2 Å². The molecule has 0 amide bonds. The fourth-order valence-electron chi connectivity index (χ4n) is 2.09. The van der Waals surface area contributed by atoms with Gasteiger partial charge < -0.3 is 20.3 Å². The van der Waals surface area contributed by atoms with Crippen LogP contribution in [0, 0.1) is 0 Å². The molecule has 1 rings (SSSR count). The van der Waals surface area contributed by atoms with Gasteiger partial charge in [-0.25, -0.2) is 0 Å². The summed E-state index contributed by atoms with van der Waals surface area (Å²) >= 11 is 0. The molecule has 21 heavy (non-hydrogen) atoms. The number of hydrogen-bond acceptors (Lipinski definition) is 4. The van der Waals surface area contributed by atoms with E-state index in [9.17, 15) is 9.90 Å². The summed E-state index contributed by atoms with van der Waals surface area (Å²) in [6, 6.07) is 6.70. The maximum atomic E-state index is 10.9. The van der Waals surface area contributed by atoms with Gasteiger partial charge in [0, 0.05) is 12.1 Å². The SMILES string of the molecule is CCCOc1ccc(C(O)C(CC(=O)O)NC(C)C)cc1. The Balaban J connectivity index is 2.77. The number of carboxylic acids is 1. The van der Waals surface area contributed by atoms with Gasteiger partial charge in [-0.05, 0) is 24.1 Å². The fraction of sp³-hybridized carbons (Fsp3) is 0.562. The highest BCUT2D eigenvalue weighted by molar-refractivity contribution is 5.67. The summed E-state index contributed by atoms with van der Waals surface area (Å²) in [6.45, 7) is 6.52. The molecule has 0 saturated heterocycles. The molecule has 0 aromatic heterocycles. The van der Waals surface area contributed by atoms with Gasteiger partial charge in [0.25, 0.3) is 0 Å². The lowest BCUT2D eigenvalue weighted by Gasteiger charge is -2.25. The van der Waals surface area contributed by atoms with Crippen molar-refractivity contribution in [1.82, 2.24) is 5.32 Å². The topological polar surface area (TPSA) is 78.8 Å². The Hall–Kier alpha value is -1.59. The zero-order chi connectivity index (χ0) is 15.8. The number of carboxylic acid groups (broad SMARTS) is 1. The number of ether oxygens (including phenoxy) is 1. The van der Waals surface area contributed by atoms with Crippen molar-refractivity contribution in [2.45, 2.75) is 51.8 Å². The van der Waals surface area contributed by atoms with Crippen molar-refractivity contribution in [3.05, 3.63) is 29.8 Å². The summed E-state index contributed by atoms with van der Waals surface area (Å²) < 4.78 is 5.49. The van der Waals surface area contributed by atoms with Crippen LogP contribution >= 0.6 is 0 Å². The number of benzene rings is 1. The molecule has 2 unspecified atom stereocenters. The molecule has 0 bridgehead atoms. The van der Waals surface area contributed by atoms with Gasteiger partial charge in [-0.1, -0.05) is 32.9 Å². The number of aliphatic hydroxyl groups excluding tert-OH is 1. The molecule has 118 valence electrons. The first-order chi connectivity index (χ1) is 9.93. The molecule has 0 saturated carbocycles. The van der Waals surface area contributed by atoms with E-state index in [1.165, 1.54) is 0 Å². The molecular weight excluding hydrogens is 270 g/mol. The first kappa shape index (κ1) is 17.5. The zero-order valence-electron chi connectivity index (χ0n) is 12.9. The molecule has 1 aromatic rings. The second-order valence-corrected chi connectivity index (χ2v) is 5.39. The van der Waals surface area contributed by atoms with Gasteiger partial charge >= 0.3 is 5.97 Å². The first-order valence-corrected chi connectivity index (χ1v) is 7.32. The highest BCUT2D eigenvalue weighted by Crippen LogP contribution is 2.22. The van der Waals surface area contributed by atoms with Crippen molar-refractivity contribution < 1.29 is 19.7 Å². The minimum atomic E-state index is -0.935. The number of hydrogen-bond donors (Lipinski definition) is 3. The molecule has 0 heterocycles. The Bertz CT molecular complexity index is 430. The molecule has 0 radical (unpaired) electrons. The predicted molar refractivity (Wildman–Crippen MR) is 81.5 cm³/mol. The average Bonchev–Trinajstić information content (AvgIpc) is 2.43. The van der Waals surface area contributed by atoms with Crippen LogP contribution in [0.15, 0.2) is 24.3 Å². The van der Waals surface area contributed by atoms with Crippen molar-refractivity contribution in [3.63, 3.8) is 0 Å². The third-order valence-corrected chi connectivity index (χ3v) is 3.02. The number of aliphatic carboxylic acids is 1. The van der Waals surface area contributed by atoms with Crippen LogP contribution in [0.25, 0.3) is 0 Å². The number of nitrogens with one attached hydrogen (secondary N) is 1. The van der Waals surface area contributed by atoms with E-state index in [0.29, 0.717) is 12.2 Å². The largest absolute Gasteiger partial charge is 0.494 e. The van der Waals surface area contributed by atoms with Gasteiger partial charge in [-0.2, -0.15) is 0 Å². The van der Waals surface area contributed by atoms with Crippen LogP contribution in [0.2, 0.25) is 0 Å². The van der Waals surface area contributed by atoms with Crippen LogP contribution in [0.3, 0.4) is 0 Å². The normalized spacial score (nSPS) is 14.0. The molecular formula is C16H25NO4. The van der Waals surface area contributed by atoms with Crippen LogP contribution in [0.4, 0.5) is 0 Å². The second kappa shape index (κ2) is 8.64. The third kappa shape index (κ3) is 6.14. The highest BCUT2D eigenvalue weighted by Gasteiger charge is 2.24. The average molecular weight is 295 g/mol. The van der Waals surface area contributed by atoms with E-state index in [2.05, 4.69) is 5.32 Å². The van der Waals surface area contributed by atoms with E-state index in [1.807, 2.05) is 20.8 Å². The maximum Gasteiger partial charge on any atom is 0.305 e. The standard InChI is InChI=1S/C16H25NO4/c1-4-9-21-13-7-5-12(6-8-13)16(20)14(10-15(18)19)17-11(2)3/h5-8,11,14,16-17,20H,4,9-10H2,1-3H3,(H,18,19). The molecule has 5 heteroatoms. The van der Waals surface area contributed by atoms with Crippen LogP contribution in [-0.4, -0.2) is 34.9 Å². The molecule has 0 spiro atoms. The predicted octanol–water partition coefficient (Wildman–Crippen LogP) is 2.35. The van der Waals surface area contributed by atoms with E-state index in [4.69, 9.17) is 9.84 Å². The molecule has 3 N–H and O–H groups in total. The summed E-state index contributed by atoms with van der Waals surface area (Å²) in [5, 5.41) is 22.4. The van der Waals surface area contributed by atoms with Crippen molar-refractivity contribution in [2.24, 2.45) is 0 Å². The van der Waals surface area contributed by atoms with Crippen molar-refractivity contribution >= 4 is 5.97 Å². The van der Waals surface area contributed by atoms with E-state index in [-0.39, 0.29) is 12.5 Å². The molecule has 0 aliphatic heterocycles. The van der Waals surface area contributed by atoms with Crippen LogP contribution in [0.5, 0.6) is 5.75 Å². The van der Waals surface area contributed by atoms with Crippen molar-refractivity contribution in [1.29, 1.82) is 0 Å². The lowest BCUT2D eigenvalue weighted by Crippen LogP contribution is -2.40. The molecule has 1 aromatic carbocycles. The van der Waals surface area contributed by atoms with Gasteiger partial charge in [-0.15, -0.1) is 0 Å². The molecule has 2 atom stereocenters. The van der Waals surface area contributed by atoms with Gasteiger partial charge in [-0.3, -0.25) is 4.79 Å². The molecule has 0 fully saturated rings. The Morgan fingerprint density at radius 3 is 2.38 bits per heavy atom. The van der Waals surface area contributed by atoms with Gasteiger partial charge in [0.2, 0.25) is 0 Å². The van der Waals surface area contributed by atoms with Crippen LogP contribution in [-0.2, 0) is 4.79 Å². The van der Waals surface area contributed by atoms with Gasteiger partial charge in [0.15, 0.2) is 0 Å². The van der Waals surface area contributed by atoms with E-state index < -0.39 is 18.1 Å². The van der Waals surface area contributed by atoms with E-state index in [1.54, 1.807) is 24.3 Å². The first-order valence-electron chi connectivity index (χ1n) is 7.32. The third-order valence-electron chi connectivity index (χ3n) is 3.02. The summed E-state index contributed by atoms with van der Waals surface area (Å²) in [5.41, 5.74) is 0.679. The van der Waals surface area contributed by atoms with Gasteiger partial charge in [0.05, 0.1) is 19.1 Å². The van der Waals surface area contributed by atoms with Crippen molar-refractivity contribution in [3.8, 4) is 5.75 Å². The Morgan fingerprint density at radius 1 is 1.29 bits per heavy atom. The lowest BCUT2D eigenvalue weighted by atomic mass is 9.99. The molecule has 5 nitrogen and oxygen atoms in total. The minimum absolute atomic E-state index is 0.0937.